The number of piperidine rings is 3. The molecule has 3 N–H and O–H groups in total. The number of fused-ring (bicyclic) bond motifs is 4. The molecule has 0 aromatic heterocycles. The summed E-state index contributed by atoms with van der Waals surface area (Å²) in [5.74, 6) is 0.350. The summed E-state index contributed by atoms with van der Waals surface area (Å²) in [5, 5.41) is 31.2. The molecule has 13 rings (SSSR count). The maximum absolute atomic E-state index is 14.0. The maximum atomic E-state index is 14.0. The lowest BCUT2D eigenvalue weighted by Crippen LogP contribution is -2.82. The van der Waals surface area contributed by atoms with E-state index in [0.29, 0.717) is 38.1 Å². The fourth-order valence-electron chi connectivity index (χ4n) is 16.7. The van der Waals surface area contributed by atoms with Crippen LogP contribution in [0, 0.1) is 22.2 Å². The lowest BCUT2D eigenvalue weighted by atomic mass is 9.43. The highest BCUT2D eigenvalue weighted by atomic mass is 16.5. The Balaban J connectivity index is 1.04. The summed E-state index contributed by atoms with van der Waals surface area (Å²) >= 11 is 0. The van der Waals surface area contributed by atoms with Crippen LogP contribution in [0.15, 0.2) is 53.7 Å². The van der Waals surface area contributed by atoms with Crippen LogP contribution in [-0.2, 0) is 29.8 Å². The highest BCUT2D eigenvalue weighted by Gasteiger charge is 2.84. The molecule has 11 heteroatoms. The normalized spacial score (nSPS) is 48.3. The lowest BCUT2D eigenvalue weighted by Gasteiger charge is -2.71. The molecular weight excluding hydrogens is 684 g/mol. The molecule has 11 aliphatic rings. The molecule has 12 atom stereocenters. The van der Waals surface area contributed by atoms with Gasteiger partial charge in [0.1, 0.15) is 12.0 Å². The summed E-state index contributed by atoms with van der Waals surface area (Å²) in [7, 11) is 3.23. The van der Waals surface area contributed by atoms with E-state index in [-0.39, 0.29) is 41.6 Å². The highest BCUT2D eigenvalue weighted by Crippen LogP contribution is 2.78. The van der Waals surface area contributed by atoms with Gasteiger partial charge in [-0.1, -0.05) is 30.3 Å². The third-order valence-corrected chi connectivity index (χ3v) is 17.9. The monoisotopic (exact) mass is 734 g/mol. The van der Waals surface area contributed by atoms with Gasteiger partial charge in [0.2, 0.25) is 0 Å². The predicted octanol–water partition coefficient (Wildman–Crippen LogP) is 3.48. The number of aliphatic hydroxyl groups excluding tert-OH is 1. The molecule has 11 nitrogen and oxygen atoms in total. The fraction of sp³-hybridized carbons (Fsp3) is 0.651. The van der Waals surface area contributed by atoms with Gasteiger partial charge in [-0.2, -0.15) is 0 Å². The van der Waals surface area contributed by atoms with Crippen LogP contribution in [0.1, 0.15) is 62.5 Å². The number of aliphatic hydroxyl groups is 2. The summed E-state index contributed by atoms with van der Waals surface area (Å²) in [6, 6.07) is 15.0. The quantitative estimate of drug-likeness (QED) is 0.394. The third-order valence-electron chi connectivity index (χ3n) is 17.9. The highest BCUT2D eigenvalue weighted by molar-refractivity contribution is 5.93. The number of hydrogen-bond acceptors (Lipinski definition) is 11. The van der Waals surface area contributed by atoms with Crippen LogP contribution in [0.4, 0.5) is 11.4 Å². The van der Waals surface area contributed by atoms with E-state index in [1.165, 1.54) is 18.2 Å². The number of methoxy groups -OCH3 is 2. The number of carbonyl (C=O) groups excluding carboxylic acids is 1. The second kappa shape index (κ2) is 9.84. The SMILES string of the molecule is COC(=O)C1=C2Nc3ccccc3[C@]23CCN2[C@@H]3[C@@]3(CCO[C@H]3[C@@]3(C[C@@H]4C[C@]56CCO[C@@H]5CCN5CC[C@]7(c8cccc(OC)c8N(C3)[C@]47O)[C@H]56)[C@H]2O)C1. The molecule has 5 spiro atoms. The lowest BCUT2D eigenvalue weighted by molar-refractivity contribution is -0.276. The van der Waals surface area contributed by atoms with Crippen molar-refractivity contribution in [2.75, 3.05) is 63.8 Å². The van der Waals surface area contributed by atoms with Gasteiger partial charge in [0.15, 0.2) is 5.72 Å². The van der Waals surface area contributed by atoms with Crippen molar-refractivity contribution in [3.8, 4) is 5.75 Å². The van der Waals surface area contributed by atoms with Crippen molar-refractivity contribution in [1.82, 2.24) is 9.80 Å². The Labute approximate surface area is 315 Å². The second-order valence-corrected chi connectivity index (χ2v) is 19.0. The van der Waals surface area contributed by atoms with Crippen LogP contribution in [0.5, 0.6) is 5.75 Å². The molecule has 0 amide bonds. The number of esters is 1. The molecule has 2 aromatic carbocycles. The minimum absolute atomic E-state index is 0.0612. The standard InChI is InChI=1S/C43H50N4O7/c1-51-29-9-5-7-27-31(29)47-23-40(21-24-20-38-13-18-53-30(38)10-15-45-16-12-42(27,35(38)45)43(24,47)50)36-39(14-19-54-36)22-25(33(48)52-2)32-41(11-17-46(34(39)41)37(40)49)26-6-3-4-8-28(26)44-32/h3-9,24,30,34-37,44,49-50H,10-23H2,1-2H3/t24-,30+,34+,35+,36+,37+,38+,39+,40-,41+,42-,43-/m0/s1. The Bertz CT molecular complexity index is 2090. The number of nitrogens with one attached hydrogen (secondary N) is 1. The Morgan fingerprint density at radius 2 is 1.72 bits per heavy atom. The van der Waals surface area contributed by atoms with E-state index in [4.69, 9.17) is 18.9 Å². The first-order valence-electron chi connectivity index (χ1n) is 20.5. The Hall–Kier alpha value is -3.19. The van der Waals surface area contributed by atoms with E-state index in [0.717, 1.165) is 81.0 Å². The predicted molar refractivity (Wildman–Crippen MR) is 197 cm³/mol. The number of ether oxygens (including phenoxy) is 4. The summed E-state index contributed by atoms with van der Waals surface area (Å²) in [6.45, 7) is 4.41. The van der Waals surface area contributed by atoms with E-state index >= 15 is 0 Å². The van der Waals surface area contributed by atoms with E-state index in [1.807, 2.05) is 6.07 Å². The van der Waals surface area contributed by atoms with Crippen LogP contribution in [-0.4, -0.2) is 116 Å². The summed E-state index contributed by atoms with van der Waals surface area (Å²) in [6.07, 6.45) is 5.48. The van der Waals surface area contributed by atoms with E-state index in [1.54, 1.807) is 7.11 Å². The zero-order valence-electron chi connectivity index (χ0n) is 31.2. The molecule has 9 heterocycles. The number of anilines is 2. The summed E-state index contributed by atoms with van der Waals surface area (Å²) < 4.78 is 25.6. The average Bonchev–Trinajstić information content (AvgIpc) is 4.04. The van der Waals surface area contributed by atoms with Crippen LogP contribution < -0.4 is 15.0 Å². The maximum Gasteiger partial charge on any atom is 0.335 e. The first-order valence-corrected chi connectivity index (χ1v) is 20.5. The van der Waals surface area contributed by atoms with E-state index < -0.39 is 33.6 Å². The largest absolute Gasteiger partial charge is 0.495 e. The molecule has 9 aliphatic heterocycles. The van der Waals surface area contributed by atoms with Gasteiger partial charge in [-0.15, -0.1) is 0 Å². The zero-order valence-corrected chi connectivity index (χ0v) is 31.2. The second-order valence-electron chi connectivity index (χ2n) is 19.0. The van der Waals surface area contributed by atoms with E-state index in [2.05, 4.69) is 56.4 Å². The molecule has 8 fully saturated rings. The summed E-state index contributed by atoms with van der Waals surface area (Å²) in [5.41, 5.74) is 2.62. The topological polar surface area (TPSA) is 116 Å². The fourth-order valence-corrected chi connectivity index (χ4v) is 16.7. The van der Waals surface area contributed by atoms with E-state index in [9.17, 15) is 15.0 Å². The van der Waals surface area contributed by atoms with Gasteiger partial charge < -0.3 is 39.4 Å². The van der Waals surface area contributed by atoms with Gasteiger partial charge in [0.25, 0.3) is 0 Å². The van der Waals surface area contributed by atoms with Crippen molar-refractivity contribution < 1.29 is 34.0 Å². The molecule has 1 saturated carbocycles. The third kappa shape index (κ3) is 3.03. The number of benzene rings is 2. The van der Waals surface area contributed by atoms with Gasteiger partial charge in [0.05, 0.1) is 53.9 Å². The minimum atomic E-state index is -1.16. The molecule has 0 radical (unpaired) electrons. The molecule has 284 valence electrons. The van der Waals surface area contributed by atoms with Crippen molar-refractivity contribution in [2.45, 2.75) is 98.4 Å². The van der Waals surface area contributed by atoms with Crippen LogP contribution >= 0.6 is 0 Å². The first-order chi connectivity index (χ1) is 26.2. The van der Waals surface area contributed by atoms with Gasteiger partial charge in [-0.25, -0.2) is 4.79 Å². The number of carbonyl (C=O) groups is 1. The van der Waals surface area contributed by atoms with Crippen molar-refractivity contribution >= 4 is 17.3 Å². The number of nitrogens with zero attached hydrogens (tertiary/aromatic N) is 3. The average molecular weight is 735 g/mol. The molecule has 2 aromatic rings. The van der Waals surface area contributed by atoms with Gasteiger partial charge in [-0.3, -0.25) is 9.80 Å². The first kappa shape index (κ1) is 32.0. The number of para-hydroxylation sites is 2. The minimum Gasteiger partial charge on any atom is -0.495 e. The van der Waals surface area contributed by atoms with Crippen molar-refractivity contribution in [3.05, 3.63) is 64.9 Å². The van der Waals surface area contributed by atoms with Crippen LogP contribution in [0.2, 0.25) is 0 Å². The Kier molecular flexibility index (Phi) is 5.82. The van der Waals surface area contributed by atoms with Gasteiger partial charge >= 0.3 is 5.97 Å². The molecule has 54 heavy (non-hydrogen) atoms. The number of rotatable bonds is 2. The Morgan fingerprint density at radius 3 is 2.59 bits per heavy atom. The van der Waals surface area contributed by atoms with Gasteiger partial charge in [0, 0.05) is 73.1 Å². The zero-order chi connectivity index (χ0) is 36.2. The van der Waals surface area contributed by atoms with Crippen LogP contribution in [0.3, 0.4) is 0 Å². The molecule has 2 aliphatic carbocycles. The van der Waals surface area contributed by atoms with Crippen molar-refractivity contribution in [2.24, 2.45) is 22.2 Å². The smallest absolute Gasteiger partial charge is 0.335 e. The molecular formula is C43H50N4O7. The number of hydrogen-bond donors (Lipinski definition) is 3. The van der Waals surface area contributed by atoms with Crippen LogP contribution in [0.25, 0.3) is 0 Å². The molecule has 7 saturated heterocycles. The Morgan fingerprint density at radius 1 is 0.907 bits per heavy atom. The summed E-state index contributed by atoms with van der Waals surface area (Å²) in [4.78, 5) is 21.4. The van der Waals surface area contributed by atoms with Crippen molar-refractivity contribution in [1.29, 1.82) is 0 Å². The van der Waals surface area contributed by atoms with Crippen molar-refractivity contribution in [3.63, 3.8) is 0 Å². The van der Waals surface area contributed by atoms with Gasteiger partial charge in [-0.05, 0) is 81.2 Å². The molecule has 0 bridgehead atoms. The molecule has 0 unspecified atom stereocenters.